The van der Waals surface area contributed by atoms with Crippen molar-refractivity contribution >= 4 is 29.3 Å². The lowest BCUT2D eigenvalue weighted by atomic mass is 10.1. The van der Waals surface area contributed by atoms with Crippen molar-refractivity contribution in [1.29, 1.82) is 0 Å². The van der Waals surface area contributed by atoms with Crippen LogP contribution in [-0.2, 0) is 4.79 Å². The van der Waals surface area contributed by atoms with Gasteiger partial charge in [0.2, 0.25) is 5.91 Å². The third-order valence-electron chi connectivity index (χ3n) is 3.69. The molecule has 0 saturated heterocycles. The number of halogens is 1. The van der Waals surface area contributed by atoms with Crippen LogP contribution in [0.5, 0.6) is 0 Å². The summed E-state index contributed by atoms with van der Waals surface area (Å²) in [5, 5.41) is 3.71. The van der Waals surface area contributed by atoms with Gasteiger partial charge in [-0.2, -0.15) is 0 Å². The molecule has 0 radical (unpaired) electrons. The average Bonchev–Trinajstić information content (AvgIpc) is 2.54. The van der Waals surface area contributed by atoms with Gasteiger partial charge in [-0.25, -0.2) is 0 Å². The molecule has 0 bridgehead atoms. The van der Waals surface area contributed by atoms with E-state index in [1.807, 2.05) is 38.1 Å². The van der Waals surface area contributed by atoms with Crippen LogP contribution in [0.1, 0.15) is 37.4 Å². The van der Waals surface area contributed by atoms with Crippen LogP contribution in [0.3, 0.4) is 0 Å². The Morgan fingerprint density at radius 3 is 2.30 bits per heavy atom. The molecule has 0 aliphatic heterocycles. The highest BCUT2D eigenvalue weighted by molar-refractivity contribution is 8.00. The van der Waals surface area contributed by atoms with E-state index in [0.717, 1.165) is 16.9 Å². The predicted octanol–water partition coefficient (Wildman–Crippen LogP) is 5.40. The fourth-order valence-corrected chi connectivity index (χ4v) is 3.33. The van der Waals surface area contributed by atoms with E-state index < -0.39 is 0 Å². The van der Waals surface area contributed by atoms with Gasteiger partial charge >= 0.3 is 0 Å². The second kappa shape index (κ2) is 8.42. The molecule has 2 nitrogen and oxygen atoms in total. The fraction of sp³-hybridized carbons (Fsp3) is 0.316. The molecule has 2 rings (SSSR count). The molecule has 2 atom stereocenters. The molecule has 4 heteroatoms. The normalized spacial score (nSPS) is 13.4. The molecule has 23 heavy (non-hydrogen) atoms. The number of hydrogen-bond acceptors (Lipinski definition) is 2. The van der Waals surface area contributed by atoms with Crippen LogP contribution in [0.15, 0.2) is 53.4 Å². The molecule has 0 saturated carbocycles. The predicted molar refractivity (Wildman–Crippen MR) is 99.1 cm³/mol. The maximum absolute atomic E-state index is 12.5. The minimum atomic E-state index is -0.107. The third-order valence-corrected chi connectivity index (χ3v) is 5.32. The Morgan fingerprint density at radius 1 is 1.13 bits per heavy atom. The number of carbonyl (C=O) groups excluding carboxylic acids is 1. The molecule has 0 aliphatic rings. The number of hydrogen-bond donors (Lipinski definition) is 1. The lowest BCUT2D eigenvalue weighted by Crippen LogP contribution is -2.34. The summed E-state index contributed by atoms with van der Waals surface area (Å²) in [7, 11) is 0. The minimum Gasteiger partial charge on any atom is -0.349 e. The van der Waals surface area contributed by atoms with E-state index in [0.29, 0.717) is 5.02 Å². The summed E-state index contributed by atoms with van der Waals surface area (Å²) in [6.07, 6.45) is 0.778. The van der Waals surface area contributed by atoms with Gasteiger partial charge in [0.15, 0.2) is 0 Å². The molecule has 0 aromatic heterocycles. The zero-order valence-corrected chi connectivity index (χ0v) is 15.2. The quantitative estimate of drug-likeness (QED) is 0.709. The lowest BCUT2D eigenvalue weighted by Gasteiger charge is -2.19. The van der Waals surface area contributed by atoms with E-state index in [-0.39, 0.29) is 17.2 Å². The van der Waals surface area contributed by atoms with Gasteiger partial charge in [0, 0.05) is 9.92 Å². The van der Waals surface area contributed by atoms with E-state index in [1.165, 1.54) is 5.56 Å². The summed E-state index contributed by atoms with van der Waals surface area (Å²) in [5.74, 6) is 0.0699. The number of nitrogens with one attached hydrogen (secondary N) is 1. The Bertz CT molecular complexity index is 639. The highest BCUT2D eigenvalue weighted by Gasteiger charge is 2.20. The highest BCUT2D eigenvalue weighted by atomic mass is 35.5. The SMILES string of the molecule is CC[C@H](Sc1ccc(Cl)cc1)C(=O)N[C@H](C)c1ccc(C)cc1. The molecule has 2 aromatic carbocycles. The van der Waals surface area contributed by atoms with Gasteiger partial charge in [-0.05, 0) is 50.1 Å². The number of thioether (sulfide) groups is 1. The third kappa shape index (κ3) is 5.29. The smallest absolute Gasteiger partial charge is 0.233 e. The van der Waals surface area contributed by atoms with Crippen LogP contribution in [0, 0.1) is 6.92 Å². The number of amides is 1. The van der Waals surface area contributed by atoms with Crippen LogP contribution >= 0.6 is 23.4 Å². The second-order valence-electron chi connectivity index (χ2n) is 5.61. The maximum Gasteiger partial charge on any atom is 0.233 e. The number of carbonyl (C=O) groups is 1. The summed E-state index contributed by atoms with van der Waals surface area (Å²) in [6.45, 7) is 6.11. The van der Waals surface area contributed by atoms with Crippen LogP contribution in [0.2, 0.25) is 5.02 Å². The molecule has 0 heterocycles. The molecule has 2 aromatic rings. The molecule has 0 aliphatic carbocycles. The largest absolute Gasteiger partial charge is 0.349 e. The monoisotopic (exact) mass is 347 g/mol. The van der Waals surface area contributed by atoms with Crippen molar-refractivity contribution in [2.24, 2.45) is 0 Å². The molecular weight excluding hydrogens is 326 g/mol. The number of benzene rings is 2. The molecule has 0 unspecified atom stereocenters. The van der Waals surface area contributed by atoms with E-state index in [4.69, 9.17) is 11.6 Å². The first-order chi connectivity index (χ1) is 11.0. The number of rotatable bonds is 6. The highest BCUT2D eigenvalue weighted by Crippen LogP contribution is 2.27. The Balaban J connectivity index is 1.99. The Morgan fingerprint density at radius 2 is 1.74 bits per heavy atom. The van der Waals surface area contributed by atoms with Crippen molar-refractivity contribution in [1.82, 2.24) is 5.32 Å². The van der Waals surface area contributed by atoms with Crippen molar-refractivity contribution < 1.29 is 4.79 Å². The van der Waals surface area contributed by atoms with E-state index in [1.54, 1.807) is 11.8 Å². The van der Waals surface area contributed by atoms with Gasteiger partial charge in [0.05, 0.1) is 11.3 Å². The molecule has 1 N–H and O–H groups in total. The van der Waals surface area contributed by atoms with Crippen molar-refractivity contribution in [3.8, 4) is 0 Å². The minimum absolute atomic E-state index is 0.00275. The standard InChI is InChI=1S/C19H22ClNOS/c1-4-18(23-17-11-9-16(20)10-12-17)19(22)21-14(3)15-7-5-13(2)6-8-15/h5-12,14,18H,4H2,1-3H3,(H,21,22)/t14-,18+/m1/s1. The molecule has 1 amide bonds. The summed E-state index contributed by atoms with van der Waals surface area (Å²) >= 11 is 7.48. The zero-order chi connectivity index (χ0) is 16.8. The van der Waals surface area contributed by atoms with Crippen molar-refractivity contribution in [3.63, 3.8) is 0 Å². The maximum atomic E-state index is 12.5. The van der Waals surface area contributed by atoms with Gasteiger partial charge in [0.1, 0.15) is 0 Å². The van der Waals surface area contributed by atoms with E-state index in [2.05, 4.69) is 36.5 Å². The Kier molecular flexibility index (Phi) is 6.55. The zero-order valence-electron chi connectivity index (χ0n) is 13.7. The van der Waals surface area contributed by atoms with Gasteiger partial charge in [-0.3, -0.25) is 4.79 Å². The van der Waals surface area contributed by atoms with E-state index in [9.17, 15) is 4.79 Å². The topological polar surface area (TPSA) is 29.1 Å². The number of aryl methyl sites for hydroxylation is 1. The summed E-state index contributed by atoms with van der Waals surface area (Å²) in [5.41, 5.74) is 2.34. The molecular formula is C19H22ClNOS. The Hall–Kier alpha value is -1.45. The van der Waals surface area contributed by atoms with Gasteiger partial charge in [0.25, 0.3) is 0 Å². The average molecular weight is 348 g/mol. The summed E-state index contributed by atoms with van der Waals surface area (Å²) in [6, 6.07) is 15.9. The fourth-order valence-electron chi connectivity index (χ4n) is 2.24. The van der Waals surface area contributed by atoms with Crippen LogP contribution in [0.4, 0.5) is 0 Å². The van der Waals surface area contributed by atoms with Crippen molar-refractivity contribution in [3.05, 3.63) is 64.7 Å². The van der Waals surface area contributed by atoms with Crippen molar-refractivity contribution in [2.45, 2.75) is 43.4 Å². The second-order valence-corrected chi connectivity index (χ2v) is 7.32. The van der Waals surface area contributed by atoms with Gasteiger partial charge in [-0.15, -0.1) is 11.8 Å². The first-order valence-electron chi connectivity index (χ1n) is 7.78. The van der Waals surface area contributed by atoms with Crippen LogP contribution < -0.4 is 5.32 Å². The van der Waals surface area contributed by atoms with E-state index >= 15 is 0 Å². The molecule has 0 spiro atoms. The Labute approximate surface area is 147 Å². The lowest BCUT2D eigenvalue weighted by molar-refractivity contribution is -0.121. The first kappa shape index (κ1) is 17.9. The van der Waals surface area contributed by atoms with Crippen molar-refractivity contribution in [2.75, 3.05) is 0 Å². The summed E-state index contributed by atoms with van der Waals surface area (Å²) in [4.78, 5) is 13.6. The van der Waals surface area contributed by atoms with Gasteiger partial charge < -0.3 is 5.32 Å². The summed E-state index contributed by atoms with van der Waals surface area (Å²) < 4.78 is 0. The molecule has 122 valence electrons. The van der Waals surface area contributed by atoms with Crippen LogP contribution in [-0.4, -0.2) is 11.2 Å². The van der Waals surface area contributed by atoms with Gasteiger partial charge in [-0.1, -0.05) is 48.4 Å². The first-order valence-corrected chi connectivity index (χ1v) is 9.04. The van der Waals surface area contributed by atoms with Crippen LogP contribution in [0.25, 0.3) is 0 Å². The molecule has 0 fully saturated rings.